The van der Waals surface area contributed by atoms with Crippen LogP contribution in [0.2, 0.25) is 0 Å². The van der Waals surface area contributed by atoms with Gasteiger partial charge in [0.2, 0.25) is 5.91 Å². The van der Waals surface area contributed by atoms with Crippen molar-refractivity contribution in [1.29, 1.82) is 0 Å². The van der Waals surface area contributed by atoms with Gasteiger partial charge in [-0.1, -0.05) is 0 Å². The molecule has 0 N–H and O–H groups in total. The molecule has 0 unspecified atom stereocenters. The lowest BCUT2D eigenvalue weighted by atomic mass is 10.2. The highest BCUT2D eigenvalue weighted by molar-refractivity contribution is 7.19. The summed E-state index contributed by atoms with van der Waals surface area (Å²) in [7, 11) is 1.96. The topological polar surface area (TPSA) is 49.3 Å². The van der Waals surface area contributed by atoms with Gasteiger partial charge in [0.15, 0.2) is 0 Å². The molecule has 2 aromatic rings. The van der Waals surface area contributed by atoms with Crippen LogP contribution in [0.15, 0.2) is 0 Å². The molecule has 0 aliphatic heterocycles. The first-order valence-corrected chi connectivity index (χ1v) is 9.14. The average Bonchev–Trinajstić information content (AvgIpc) is 3.07. The first kappa shape index (κ1) is 16.2. The predicted octanol–water partition coefficient (Wildman–Crippen LogP) is 2.79. The minimum atomic E-state index is 0.147. The number of anilines is 1. The van der Waals surface area contributed by atoms with Gasteiger partial charge >= 0.3 is 0 Å². The molecule has 23 heavy (non-hydrogen) atoms. The molecule has 3 rings (SSSR count). The maximum Gasteiger partial charge on any atom is 0.242 e. The molecule has 1 aliphatic rings. The van der Waals surface area contributed by atoms with Crippen molar-refractivity contribution < 1.29 is 4.79 Å². The molecule has 0 aromatic carbocycles. The summed E-state index contributed by atoms with van der Waals surface area (Å²) in [5.41, 5.74) is 1.40. The van der Waals surface area contributed by atoms with Crippen LogP contribution in [0.5, 0.6) is 0 Å². The van der Waals surface area contributed by atoms with E-state index in [1.54, 1.807) is 11.3 Å². The zero-order valence-electron chi connectivity index (χ0n) is 14.3. The van der Waals surface area contributed by atoms with Gasteiger partial charge in [-0.15, -0.1) is 11.3 Å². The Morgan fingerprint density at radius 1 is 1.22 bits per heavy atom. The second-order valence-electron chi connectivity index (χ2n) is 6.05. The van der Waals surface area contributed by atoms with Crippen molar-refractivity contribution in [2.75, 3.05) is 31.6 Å². The van der Waals surface area contributed by atoms with Crippen LogP contribution in [-0.4, -0.2) is 47.5 Å². The average molecular weight is 332 g/mol. The lowest BCUT2D eigenvalue weighted by Gasteiger charge is -2.24. The van der Waals surface area contributed by atoms with Crippen LogP contribution in [0.1, 0.15) is 36.5 Å². The van der Waals surface area contributed by atoms with Crippen molar-refractivity contribution in [3.63, 3.8) is 0 Å². The standard InChI is InChI=1S/C17H24N4OS/c1-5-21(6-2)14(22)10-20(4)16-15-12-8-7-9-13(12)23-17(15)19-11(3)18-16/h5-10H2,1-4H3. The molecule has 0 spiro atoms. The van der Waals surface area contributed by atoms with Crippen LogP contribution >= 0.6 is 11.3 Å². The summed E-state index contributed by atoms with van der Waals surface area (Å²) >= 11 is 1.79. The number of aryl methyl sites for hydroxylation is 3. The summed E-state index contributed by atoms with van der Waals surface area (Å²) in [6.45, 7) is 7.80. The SMILES string of the molecule is CCN(CC)C(=O)CN(C)c1nc(C)nc2sc3c(c12)CCC3. The number of carbonyl (C=O) groups excluding carboxylic acids is 1. The fourth-order valence-electron chi connectivity index (χ4n) is 3.31. The molecule has 0 saturated heterocycles. The van der Waals surface area contributed by atoms with E-state index in [2.05, 4.69) is 9.97 Å². The lowest BCUT2D eigenvalue weighted by Crippen LogP contribution is -2.39. The van der Waals surface area contributed by atoms with Gasteiger partial charge in [0.25, 0.3) is 0 Å². The van der Waals surface area contributed by atoms with Gasteiger partial charge in [0, 0.05) is 25.0 Å². The van der Waals surface area contributed by atoms with Gasteiger partial charge in [-0.3, -0.25) is 4.79 Å². The van der Waals surface area contributed by atoms with Crippen LogP contribution in [0.25, 0.3) is 10.2 Å². The van der Waals surface area contributed by atoms with Gasteiger partial charge in [-0.2, -0.15) is 0 Å². The summed E-state index contributed by atoms with van der Waals surface area (Å²) in [5.74, 6) is 1.83. The Hall–Kier alpha value is -1.69. The number of aromatic nitrogens is 2. The first-order valence-electron chi connectivity index (χ1n) is 8.32. The van der Waals surface area contributed by atoms with E-state index in [9.17, 15) is 4.79 Å². The Labute approximate surface area is 141 Å². The normalized spacial score (nSPS) is 13.4. The van der Waals surface area contributed by atoms with E-state index >= 15 is 0 Å². The zero-order chi connectivity index (χ0) is 16.6. The van der Waals surface area contributed by atoms with E-state index < -0.39 is 0 Å². The summed E-state index contributed by atoms with van der Waals surface area (Å²) in [4.78, 5) is 28.1. The molecule has 0 radical (unpaired) electrons. The molecule has 2 aromatic heterocycles. The fourth-order valence-corrected chi connectivity index (χ4v) is 4.61. The number of likely N-dealkylation sites (N-methyl/N-ethyl adjacent to an activating group) is 2. The van der Waals surface area contributed by atoms with Crippen LogP contribution in [0.3, 0.4) is 0 Å². The molecule has 1 amide bonds. The van der Waals surface area contributed by atoms with E-state index in [1.807, 2.05) is 37.6 Å². The Morgan fingerprint density at radius 3 is 2.65 bits per heavy atom. The van der Waals surface area contributed by atoms with E-state index in [1.165, 1.54) is 22.2 Å². The van der Waals surface area contributed by atoms with Crippen LogP contribution in [-0.2, 0) is 17.6 Å². The Balaban J connectivity index is 1.97. The maximum atomic E-state index is 12.4. The zero-order valence-corrected chi connectivity index (χ0v) is 15.2. The number of thiophene rings is 1. The van der Waals surface area contributed by atoms with Crippen molar-refractivity contribution in [1.82, 2.24) is 14.9 Å². The quantitative estimate of drug-likeness (QED) is 0.845. The number of amides is 1. The monoisotopic (exact) mass is 332 g/mol. The minimum absolute atomic E-state index is 0.147. The van der Waals surface area contributed by atoms with Crippen LogP contribution < -0.4 is 4.90 Å². The van der Waals surface area contributed by atoms with Gasteiger partial charge in [0.1, 0.15) is 16.5 Å². The highest BCUT2D eigenvalue weighted by atomic mass is 32.1. The van der Waals surface area contributed by atoms with Crippen molar-refractivity contribution in [2.45, 2.75) is 40.0 Å². The number of rotatable bonds is 5. The van der Waals surface area contributed by atoms with Gasteiger partial charge in [0.05, 0.1) is 11.9 Å². The summed E-state index contributed by atoms with van der Waals surface area (Å²) < 4.78 is 0. The largest absolute Gasteiger partial charge is 0.350 e. The first-order chi connectivity index (χ1) is 11.0. The van der Waals surface area contributed by atoms with Crippen LogP contribution in [0.4, 0.5) is 5.82 Å². The van der Waals surface area contributed by atoms with Gasteiger partial charge in [-0.25, -0.2) is 9.97 Å². The van der Waals surface area contributed by atoms with E-state index in [4.69, 9.17) is 0 Å². The van der Waals surface area contributed by atoms with E-state index in [0.717, 1.165) is 42.4 Å². The molecular formula is C17H24N4OS. The Morgan fingerprint density at radius 2 is 1.96 bits per heavy atom. The summed E-state index contributed by atoms with van der Waals surface area (Å²) in [6, 6.07) is 0. The molecule has 0 fully saturated rings. The highest BCUT2D eigenvalue weighted by Gasteiger charge is 2.24. The number of nitrogens with zero attached hydrogens (tertiary/aromatic N) is 4. The number of carbonyl (C=O) groups is 1. The minimum Gasteiger partial charge on any atom is -0.350 e. The number of hydrogen-bond donors (Lipinski definition) is 0. The molecule has 124 valence electrons. The third-order valence-corrected chi connectivity index (χ3v) is 5.69. The molecule has 1 aliphatic carbocycles. The van der Waals surface area contributed by atoms with Crippen LogP contribution in [0, 0.1) is 6.92 Å². The summed E-state index contributed by atoms with van der Waals surface area (Å²) in [5, 5.41) is 1.17. The molecule has 5 nitrogen and oxygen atoms in total. The molecule has 2 heterocycles. The molecule has 0 bridgehead atoms. The predicted molar refractivity (Wildman–Crippen MR) is 95.4 cm³/mol. The smallest absolute Gasteiger partial charge is 0.242 e. The fraction of sp³-hybridized carbons (Fsp3) is 0.588. The van der Waals surface area contributed by atoms with Crippen molar-refractivity contribution >= 4 is 33.3 Å². The van der Waals surface area contributed by atoms with Gasteiger partial charge in [-0.05, 0) is 45.6 Å². The third-order valence-electron chi connectivity index (χ3n) is 4.51. The second kappa shape index (κ2) is 6.43. The second-order valence-corrected chi connectivity index (χ2v) is 7.14. The Kier molecular flexibility index (Phi) is 4.53. The van der Waals surface area contributed by atoms with Crippen molar-refractivity contribution in [2.24, 2.45) is 0 Å². The van der Waals surface area contributed by atoms with E-state index in [-0.39, 0.29) is 5.91 Å². The maximum absolute atomic E-state index is 12.4. The van der Waals surface area contributed by atoms with Gasteiger partial charge < -0.3 is 9.80 Å². The third kappa shape index (κ3) is 2.92. The molecule has 0 saturated carbocycles. The lowest BCUT2D eigenvalue weighted by molar-refractivity contribution is -0.129. The highest BCUT2D eigenvalue weighted by Crippen LogP contribution is 2.40. The molecule has 6 heteroatoms. The van der Waals surface area contributed by atoms with Crippen molar-refractivity contribution in [3.8, 4) is 0 Å². The number of fused-ring (bicyclic) bond motifs is 3. The summed E-state index contributed by atoms with van der Waals surface area (Å²) in [6.07, 6.45) is 3.47. The Bertz CT molecular complexity index is 736. The molecular weight excluding hydrogens is 308 g/mol. The number of hydrogen-bond acceptors (Lipinski definition) is 5. The van der Waals surface area contributed by atoms with E-state index in [0.29, 0.717) is 6.54 Å². The molecule has 0 atom stereocenters. The van der Waals surface area contributed by atoms with Crippen molar-refractivity contribution in [3.05, 3.63) is 16.3 Å².